The molecule has 5 nitrogen and oxygen atoms in total. The van der Waals surface area contributed by atoms with Crippen molar-refractivity contribution in [2.24, 2.45) is 0 Å². The minimum absolute atomic E-state index is 0.242. The fraction of sp³-hybridized carbons (Fsp3) is 0.105. The van der Waals surface area contributed by atoms with Crippen molar-refractivity contribution in [3.8, 4) is 0 Å². The Morgan fingerprint density at radius 3 is 2.38 bits per heavy atom. The average Bonchev–Trinajstić information content (AvgIpc) is 3.16. The summed E-state index contributed by atoms with van der Waals surface area (Å²) < 4.78 is 0. The van der Waals surface area contributed by atoms with Crippen molar-refractivity contribution in [2.45, 2.75) is 6.42 Å². The molecule has 0 aliphatic carbocycles. The van der Waals surface area contributed by atoms with E-state index in [9.17, 15) is 9.59 Å². The van der Waals surface area contributed by atoms with E-state index < -0.39 is 0 Å². The molecule has 0 spiro atoms. The molecule has 5 heteroatoms. The van der Waals surface area contributed by atoms with Crippen molar-refractivity contribution in [1.82, 2.24) is 10.3 Å². The minimum atomic E-state index is -0.249. The van der Waals surface area contributed by atoms with Gasteiger partial charge in [0, 0.05) is 12.1 Å². The standard InChI is InChI=1S/C19H17N3O2/c23-17(18-20-12-13-21-18)15-8-4-5-9-16(15)19(24)22-11-10-14-6-2-1-3-7-14/h1-9,12-13H,10-11H2,(H,20,21)(H,22,24)/p+1. The number of carbonyl (C=O) groups excluding carboxylic acids is 2. The summed E-state index contributed by atoms with van der Waals surface area (Å²) in [6.07, 6.45) is 4.01. The first-order valence-corrected chi connectivity index (χ1v) is 7.76. The predicted molar refractivity (Wildman–Crippen MR) is 89.7 cm³/mol. The molecule has 0 fully saturated rings. The van der Waals surface area contributed by atoms with Crippen LogP contribution in [0.15, 0.2) is 67.0 Å². The number of H-pyrrole nitrogens is 2. The van der Waals surface area contributed by atoms with Crippen molar-refractivity contribution < 1.29 is 14.6 Å². The Kier molecular flexibility index (Phi) is 4.81. The van der Waals surface area contributed by atoms with Crippen LogP contribution in [0.25, 0.3) is 0 Å². The normalized spacial score (nSPS) is 10.3. The summed E-state index contributed by atoms with van der Waals surface area (Å²) >= 11 is 0. The van der Waals surface area contributed by atoms with Crippen LogP contribution in [-0.2, 0) is 6.42 Å². The third-order valence-corrected chi connectivity index (χ3v) is 3.72. The summed E-state index contributed by atoms with van der Waals surface area (Å²) in [5, 5.41) is 2.88. The van der Waals surface area contributed by atoms with E-state index in [0.29, 0.717) is 23.5 Å². The predicted octanol–water partition coefficient (Wildman–Crippen LogP) is 2.03. The molecule has 1 amide bonds. The van der Waals surface area contributed by atoms with E-state index in [1.807, 2.05) is 30.3 Å². The van der Waals surface area contributed by atoms with Gasteiger partial charge in [0.2, 0.25) is 0 Å². The van der Waals surface area contributed by atoms with E-state index in [4.69, 9.17) is 0 Å². The van der Waals surface area contributed by atoms with Gasteiger partial charge in [-0.25, -0.2) is 9.97 Å². The van der Waals surface area contributed by atoms with E-state index in [1.54, 1.807) is 36.7 Å². The Labute approximate surface area is 139 Å². The van der Waals surface area contributed by atoms with Gasteiger partial charge in [-0.1, -0.05) is 42.5 Å². The second-order valence-corrected chi connectivity index (χ2v) is 5.36. The van der Waals surface area contributed by atoms with Gasteiger partial charge in [-0.3, -0.25) is 9.59 Å². The summed E-state index contributed by atoms with van der Waals surface area (Å²) in [6, 6.07) is 16.8. The summed E-state index contributed by atoms with van der Waals surface area (Å²) in [4.78, 5) is 30.6. The molecule has 0 saturated heterocycles. The Balaban J connectivity index is 1.70. The van der Waals surface area contributed by atoms with Gasteiger partial charge in [-0.2, -0.15) is 0 Å². The van der Waals surface area contributed by atoms with Crippen LogP contribution in [0, 0.1) is 0 Å². The van der Waals surface area contributed by atoms with Gasteiger partial charge in [0.1, 0.15) is 12.4 Å². The summed E-state index contributed by atoms with van der Waals surface area (Å²) in [5.74, 6) is -0.144. The van der Waals surface area contributed by atoms with Gasteiger partial charge in [0.05, 0.1) is 5.56 Å². The number of imidazole rings is 1. The monoisotopic (exact) mass is 320 g/mol. The number of ketones is 1. The quantitative estimate of drug-likeness (QED) is 0.682. The van der Waals surface area contributed by atoms with Gasteiger partial charge in [0.15, 0.2) is 0 Å². The Morgan fingerprint density at radius 2 is 1.67 bits per heavy atom. The van der Waals surface area contributed by atoms with Crippen LogP contribution >= 0.6 is 0 Å². The fourth-order valence-corrected chi connectivity index (χ4v) is 2.50. The smallest absolute Gasteiger partial charge is 0.326 e. The molecule has 0 radical (unpaired) electrons. The molecule has 0 atom stereocenters. The number of hydrogen-bond donors (Lipinski definition) is 2. The van der Waals surface area contributed by atoms with Crippen LogP contribution in [0.4, 0.5) is 0 Å². The maximum absolute atomic E-state index is 12.5. The lowest BCUT2D eigenvalue weighted by atomic mass is 10.0. The number of benzene rings is 2. The Bertz CT molecular complexity index is 827. The number of rotatable bonds is 6. The van der Waals surface area contributed by atoms with Gasteiger partial charge < -0.3 is 5.32 Å². The zero-order valence-corrected chi connectivity index (χ0v) is 13.1. The highest BCUT2D eigenvalue weighted by Gasteiger charge is 2.22. The van der Waals surface area contributed by atoms with Crippen molar-refractivity contribution in [3.63, 3.8) is 0 Å². The molecule has 0 saturated carbocycles. The second kappa shape index (κ2) is 7.37. The highest BCUT2D eigenvalue weighted by atomic mass is 16.2. The maximum atomic E-state index is 12.5. The first-order chi connectivity index (χ1) is 11.8. The highest BCUT2D eigenvalue weighted by molar-refractivity contribution is 6.13. The third-order valence-electron chi connectivity index (χ3n) is 3.72. The molecule has 3 N–H and O–H groups in total. The maximum Gasteiger partial charge on any atom is 0.326 e. The van der Waals surface area contributed by atoms with Crippen molar-refractivity contribution >= 4 is 11.7 Å². The zero-order chi connectivity index (χ0) is 16.8. The molecule has 120 valence electrons. The topological polar surface area (TPSA) is 76.1 Å². The average molecular weight is 320 g/mol. The van der Waals surface area contributed by atoms with Crippen LogP contribution in [0.1, 0.15) is 32.1 Å². The van der Waals surface area contributed by atoms with Gasteiger partial charge in [-0.15, -0.1) is 0 Å². The lowest BCUT2D eigenvalue weighted by Crippen LogP contribution is -2.28. The van der Waals surface area contributed by atoms with E-state index in [0.717, 1.165) is 12.0 Å². The third kappa shape index (κ3) is 3.57. The molecule has 2 aromatic carbocycles. The molecular weight excluding hydrogens is 302 g/mol. The molecule has 1 aromatic heterocycles. The fourth-order valence-electron chi connectivity index (χ4n) is 2.50. The Morgan fingerprint density at radius 1 is 0.958 bits per heavy atom. The molecule has 3 aromatic rings. The van der Waals surface area contributed by atoms with E-state index in [1.165, 1.54) is 0 Å². The van der Waals surface area contributed by atoms with Crippen LogP contribution < -0.4 is 10.3 Å². The Hall–Kier alpha value is -3.21. The highest BCUT2D eigenvalue weighted by Crippen LogP contribution is 2.12. The molecule has 24 heavy (non-hydrogen) atoms. The lowest BCUT2D eigenvalue weighted by Gasteiger charge is -2.08. The first kappa shape index (κ1) is 15.7. The number of hydrogen-bond acceptors (Lipinski definition) is 2. The van der Waals surface area contributed by atoms with Gasteiger partial charge >= 0.3 is 5.82 Å². The number of carbonyl (C=O) groups is 2. The van der Waals surface area contributed by atoms with E-state index >= 15 is 0 Å². The van der Waals surface area contributed by atoms with Crippen LogP contribution in [0.5, 0.6) is 0 Å². The van der Waals surface area contributed by atoms with Crippen molar-refractivity contribution in [2.75, 3.05) is 6.54 Å². The second-order valence-electron chi connectivity index (χ2n) is 5.36. The number of amides is 1. The number of aromatic nitrogens is 2. The van der Waals surface area contributed by atoms with E-state index in [2.05, 4.69) is 15.3 Å². The molecule has 0 bridgehead atoms. The molecule has 0 unspecified atom stereocenters. The number of aromatic amines is 2. The zero-order valence-electron chi connectivity index (χ0n) is 13.1. The largest absolute Gasteiger partial charge is 0.352 e. The first-order valence-electron chi connectivity index (χ1n) is 7.76. The summed E-state index contributed by atoms with van der Waals surface area (Å²) in [6.45, 7) is 0.514. The molecule has 0 aliphatic heterocycles. The van der Waals surface area contributed by atoms with Crippen molar-refractivity contribution in [1.29, 1.82) is 0 Å². The minimum Gasteiger partial charge on any atom is -0.352 e. The molecule has 0 aliphatic rings. The SMILES string of the molecule is O=C(NCCc1ccccc1)c1ccccc1C(=O)c1[nH]cc[nH+]1. The van der Waals surface area contributed by atoms with Gasteiger partial charge in [0.25, 0.3) is 11.7 Å². The molecule has 3 rings (SSSR count). The molecule has 1 heterocycles. The summed E-state index contributed by atoms with van der Waals surface area (Å²) in [5.41, 5.74) is 1.90. The van der Waals surface area contributed by atoms with E-state index in [-0.39, 0.29) is 11.7 Å². The van der Waals surface area contributed by atoms with Crippen LogP contribution in [-0.4, -0.2) is 23.2 Å². The van der Waals surface area contributed by atoms with Crippen LogP contribution in [0.3, 0.4) is 0 Å². The van der Waals surface area contributed by atoms with Gasteiger partial charge in [-0.05, 0) is 24.1 Å². The summed E-state index contributed by atoms with van der Waals surface area (Å²) in [7, 11) is 0. The molecular formula is C19H18N3O2+. The number of nitrogens with one attached hydrogen (secondary N) is 3. The van der Waals surface area contributed by atoms with Crippen molar-refractivity contribution in [3.05, 3.63) is 89.5 Å². The van der Waals surface area contributed by atoms with Crippen LogP contribution in [0.2, 0.25) is 0 Å². The lowest BCUT2D eigenvalue weighted by molar-refractivity contribution is -0.379.